The fraction of sp³-hybridized carbons (Fsp3) is 0.391. The third-order valence-electron chi connectivity index (χ3n) is 4.89. The first-order chi connectivity index (χ1) is 14.7. The molecule has 0 spiro atoms. The second-order valence-electron chi connectivity index (χ2n) is 7.40. The van der Waals surface area contributed by atoms with E-state index in [-0.39, 0.29) is 5.75 Å². The smallest absolute Gasteiger partial charge is 0.337 e. The Bertz CT molecular complexity index is 891. The third kappa shape index (κ3) is 8.04. The molecule has 1 atom stereocenters. The number of hydrogen-bond acceptors (Lipinski definition) is 4. The predicted molar refractivity (Wildman–Crippen MR) is 126 cm³/mol. The van der Waals surface area contributed by atoms with Gasteiger partial charge in [-0.25, -0.2) is 4.79 Å². The summed E-state index contributed by atoms with van der Waals surface area (Å²) >= 11 is 13.9. The largest absolute Gasteiger partial charge is 0.481 e. The van der Waals surface area contributed by atoms with Crippen LogP contribution in [0.25, 0.3) is 11.1 Å². The fourth-order valence-corrected chi connectivity index (χ4v) is 4.98. The summed E-state index contributed by atoms with van der Waals surface area (Å²) in [6.07, 6.45) is 3.75. The minimum atomic E-state index is -2.23. The Morgan fingerprint density at radius 3 is 2.29 bits per heavy atom. The number of aliphatic carboxylic acids is 2. The van der Waals surface area contributed by atoms with Gasteiger partial charge in [-0.1, -0.05) is 66.4 Å². The van der Waals surface area contributed by atoms with E-state index in [0.717, 1.165) is 48.8 Å². The van der Waals surface area contributed by atoms with Crippen LogP contribution in [0.5, 0.6) is 0 Å². The average Bonchev–Trinajstić information content (AvgIpc) is 2.71. The number of benzene rings is 2. The Hall–Kier alpha value is -1.73. The minimum Gasteiger partial charge on any atom is -0.481 e. The van der Waals surface area contributed by atoms with Crippen molar-refractivity contribution in [2.24, 2.45) is 0 Å². The lowest BCUT2D eigenvalue weighted by Crippen LogP contribution is -2.43. The van der Waals surface area contributed by atoms with E-state index < -0.39 is 24.0 Å². The van der Waals surface area contributed by atoms with Gasteiger partial charge in [-0.2, -0.15) is 11.8 Å². The number of aliphatic hydroxyl groups is 1. The highest BCUT2D eigenvalue weighted by molar-refractivity contribution is 7.99. The molecule has 0 bridgehead atoms. The van der Waals surface area contributed by atoms with E-state index in [0.29, 0.717) is 15.8 Å². The normalized spacial score (nSPS) is 13.0. The van der Waals surface area contributed by atoms with E-state index in [9.17, 15) is 14.7 Å². The maximum absolute atomic E-state index is 11.1. The molecule has 0 aromatic heterocycles. The van der Waals surface area contributed by atoms with Gasteiger partial charge in [-0.05, 0) is 53.8 Å². The summed E-state index contributed by atoms with van der Waals surface area (Å²) in [6.45, 7) is 0. The molecule has 8 heteroatoms. The highest BCUT2D eigenvalue weighted by Crippen LogP contribution is 2.34. The van der Waals surface area contributed by atoms with Crippen molar-refractivity contribution in [2.75, 3.05) is 11.5 Å². The molecule has 2 rings (SSSR count). The first kappa shape index (κ1) is 25.5. The minimum absolute atomic E-state index is 0.143. The van der Waals surface area contributed by atoms with Crippen molar-refractivity contribution in [3.8, 4) is 11.1 Å². The van der Waals surface area contributed by atoms with Crippen molar-refractivity contribution < 1.29 is 24.9 Å². The summed E-state index contributed by atoms with van der Waals surface area (Å²) in [5.74, 6) is -2.32. The SMILES string of the molecule is O=C(O)C[C@](O)(CSCCCCCCc1c(Cl)cc(Cl)cc1-c1ccccc1)C(=O)O. The van der Waals surface area contributed by atoms with E-state index >= 15 is 0 Å². The van der Waals surface area contributed by atoms with Crippen LogP contribution in [-0.2, 0) is 16.0 Å². The number of rotatable bonds is 13. The molecule has 0 saturated carbocycles. The molecule has 31 heavy (non-hydrogen) atoms. The van der Waals surface area contributed by atoms with E-state index in [1.807, 2.05) is 36.4 Å². The van der Waals surface area contributed by atoms with Crippen LogP contribution in [0.2, 0.25) is 10.0 Å². The molecule has 2 aromatic carbocycles. The van der Waals surface area contributed by atoms with Gasteiger partial charge in [0.1, 0.15) is 0 Å². The van der Waals surface area contributed by atoms with Crippen LogP contribution >= 0.6 is 35.0 Å². The third-order valence-corrected chi connectivity index (χ3v) is 6.71. The van der Waals surface area contributed by atoms with Crippen molar-refractivity contribution in [2.45, 2.75) is 44.1 Å². The van der Waals surface area contributed by atoms with Crippen LogP contribution in [0.1, 0.15) is 37.7 Å². The topological polar surface area (TPSA) is 94.8 Å². The number of carboxylic acid groups (broad SMARTS) is 2. The highest BCUT2D eigenvalue weighted by atomic mass is 35.5. The molecule has 0 heterocycles. The first-order valence-corrected chi connectivity index (χ1v) is 11.9. The van der Waals surface area contributed by atoms with Crippen LogP contribution in [0.4, 0.5) is 0 Å². The van der Waals surface area contributed by atoms with Crippen molar-refractivity contribution in [1.82, 2.24) is 0 Å². The predicted octanol–water partition coefficient (Wildman–Crippen LogP) is 5.79. The Balaban J connectivity index is 1.79. The Morgan fingerprint density at radius 2 is 1.65 bits per heavy atom. The van der Waals surface area contributed by atoms with Crippen molar-refractivity contribution in [3.05, 3.63) is 58.1 Å². The molecule has 5 nitrogen and oxygen atoms in total. The molecule has 0 aliphatic carbocycles. The molecule has 168 valence electrons. The number of carbonyl (C=O) groups is 2. The van der Waals surface area contributed by atoms with Gasteiger partial charge in [0.15, 0.2) is 5.60 Å². The number of thioether (sulfide) groups is 1. The molecule has 0 unspecified atom stereocenters. The lowest BCUT2D eigenvalue weighted by molar-refractivity contribution is -0.162. The molecule has 0 aliphatic heterocycles. The van der Waals surface area contributed by atoms with Crippen LogP contribution in [0.3, 0.4) is 0 Å². The van der Waals surface area contributed by atoms with Crippen LogP contribution in [0.15, 0.2) is 42.5 Å². The number of carboxylic acids is 2. The van der Waals surface area contributed by atoms with E-state index in [4.69, 9.17) is 33.4 Å². The fourth-order valence-electron chi connectivity index (χ4n) is 3.27. The summed E-state index contributed by atoms with van der Waals surface area (Å²) in [5.41, 5.74) is 0.966. The van der Waals surface area contributed by atoms with E-state index in [1.165, 1.54) is 11.8 Å². The van der Waals surface area contributed by atoms with Crippen molar-refractivity contribution in [1.29, 1.82) is 0 Å². The second-order valence-corrected chi connectivity index (χ2v) is 9.35. The second kappa shape index (κ2) is 12.3. The van der Waals surface area contributed by atoms with Gasteiger partial charge in [0.2, 0.25) is 0 Å². The van der Waals surface area contributed by atoms with Crippen LogP contribution < -0.4 is 0 Å². The van der Waals surface area contributed by atoms with Gasteiger partial charge in [0.05, 0.1) is 6.42 Å². The maximum atomic E-state index is 11.1. The lowest BCUT2D eigenvalue weighted by Gasteiger charge is -2.20. The Morgan fingerprint density at radius 1 is 0.968 bits per heavy atom. The maximum Gasteiger partial charge on any atom is 0.337 e. The molecule has 0 radical (unpaired) electrons. The summed E-state index contributed by atoms with van der Waals surface area (Å²) in [6, 6.07) is 13.7. The summed E-state index contributed by atoms with van der Waals surface area (Å²) < 4.78 is 0. The quantitative estimate of drug-likeness (QED) is 0.311. The molecule has 3 N–H and O–H groups in total. The lowest BCUT2D eigenvalue weighted by atomic mass is 9.95. The monoisotopic (exact) mass is 484 g/mol. The van der Waals surface area contributed by atoms with E-state index in [1.54, 1.807) is 6.07 Å². The first-order valence-electron chi connectivity index (χ1n) is 10.0. The number of hydrogen-bond donors (Lipinski definition) is 3. The van der Waals surface area contributed by atoms with Gasteiger partial charge >= 0.3 is 11.9 Å². The summed E-state index contributed by atoms with van der Waals surface area (Å²) in [7, 11) is 0. The molecule has 0 saturated heterocycles. The highest BCUT2D eigenvalue weighted by Gasteiger charge is 2.38. The van der Waals surface area contributed by atoms with Gasteiger partial charge in [0.25, 0.3) is 0 Å². The van der Waals surface area contributed by atoms with Crippen molar-refractivity contribution >= 4 is 46.9 Å². The summed E-state index contributed by atoms with van der Waals surface area (Å²) in [5, 5.41) is 29.1. The molecule has 0 amide bonds. The Labute approximate surface area is 196 Å². The zero-order valence-electron chi connectivity index (χ0n) is 17.0. The van der Waals surface area contributed by atoms with Gasteiger partial charge in [0, 0.05) is 15.8 Å². The molecular weight excluding hydrogens is 459 g/mol. The molecule has 0 aliphatic rings. The standard InChI is InChI=1S/C23H26Cl2O5S/c24-17-12-19(16-8-4-3-5-9-16)18(20(25)13-17)10-6-1-2-7-11-31-15-23(30,22(28)29)14-21(26)27/h3-5,8-9,12-13,30H,1-2,6-7,10-11,14-15H2,(H,26,27)(H,28,29)/t23-/m0/s1. The number of halogens is 2. The van der Waals surface area contributed by atoms with Gasteiger partial charge in [-0.15, -0.1) is 0 Å². The van der Waals surface area contributed by atoms with Crippen molar-refractivity contribution in [3.63, 3.8) is 0 Å². The Kier molecular flexibility index (Phi) is 10.2. The number of unbranched alkanes of at least 4 members (excludes halogenated alkanes) is 3. The average molecular weight is 485 g/mol. The summed E-state index contributed by atoms with van der Waals surface area (Å²) in [4.78, 5) is 21.9. The molecular formula is C23H26Cl2O5S. The van der Waals surface area contributed by atoms with Gasteiger partial charge < -0.3 is 15.3 Å². The van der Waals surface area contributed by atoms with E-state index in [2.05, 4.69) is 0 Å². The van der Waals surface area contributed by atoms with Gasteiger partial charge in [-0.3, -0.25) is 4.79 Å². The zero-order valence-corrected chi connectivity index (χ0v) is 19.3. The molecule has 2 aromatic rings. The van der Waals surface area contributed by atoms with Crippen LogP contribution in [0, 0.1) is 0 Å². The molecule has 0 fully saturated rings. The van der Waals surface area contributed by atoms with Crippen LogP contribution in [-0.4, -0.2) is 44.4 Å². The zero-order chi connectivity index (χ0) is 22.9.